The molecule has 134 valence electrons. The minimum atomic E-state index is -3.87. The summed E-state index contributed by atoms with van der Waals surface area (Å²) in [5.41, 5.74) is 0.664. The number of halogens is 1. The van der Waals surface area contributed by atoms with E-state index in [1.165, 1.54) is 51.5 Å². The molecular formula is C16H17ClN2O5S. The van der Waals surface area contributed by atoms with E-state index >= 15 is 0 Å². The van der Waals surface area contributed by atoms with Crippen LogP contribution in [0.15, 0.2) is 41.3 Å². The third-order valence-corrected chi connectivity index (χ3v) is 4.87. The van der Waals surface area contributed by atoms with Crippen LogP contribution in [0.2, 0.25) is 5.02 Å². The summed E-state index contributed by atoms with van der Waals surface area (Å²) in [6, 6.07) is 8.67. The van der Waals surface area contributed by atoms with Crippen molar-refractivity contribution in [1.29, 1.82) is 0 Å². The second-order valence-corrected chi connectivity index (χ2v) is 7.09. The fourth-order valence-electron chi connectivity index (χ4n) is 2.08. The SMILES string of the molecule is COc1ccc(NS(=O)(=O)c2ccc(NC(C)=O)c(OC)c2)cc1Cl. The third kappa shape index (κ3) is 4.55. The highest BCUT2D eigenvalue weighted by molar-refractivity contribution is 7.92. The first-order chi connectivity index (χ1) is 11.8. The van der Waals surface area contributed by atoms with Gasteiger partial charge in [-0.1, -0.05) is 11.6 Å². The van der Waals surface area contributed by atoms with Crippen molar-refractivity contribution in [2.75, 3.05) is 24.3 Å². The molecule has 0 unspecified atom stereocenters. The molecule has 0 aliphatic rings. The van der Waals surface area contributed by atoms with Gasteiger partial charge in [0, 0.05) is 13.0 Å². The summed E-state index contributed by atoms with van der Waals surface area (Å²) in [5, 5.41) is 2.84. The molecule has 0 aromatic heterocycles. The summed E-state index contributed by atoms with van der Waals surface area (Å²) in [6.45, 7) is 1.35. The van der Waals surface area contributed by atoms with Crippen LogP contribution in [0.1, 0.15) is 6.92 Å². The molecule has 0 saturated carbocycles. The van der Waals surface area contributed by atoms with E-state index in [0.29, 0.717) is 11.4 Å². The number of hydrogen-bond acceptors (Lipinski definition) is 5. The molecule has 2 aromatic rings. The molecule has 0 radical (unpaired) electrons. The summed E-state index contributed by atoms with van der Waals surface area (Å²) in [5.74, 6) is 0.372. The summed E-state index contributed by atoms with van der Waals surface area (Å²) in [4.78, 5) is 11.1. The minimum absolute atomic E-state index is 0.0228. The van der Waals surface area contributed by atoms with Crippen LogP contribution < -0.4 is 19.5 Å². The van der Waals surface area contributed by atoms with Crippen molar-refractivity contribution in [2.24, 2.45) is 0 Å². The second kappa shape index (κ2) is 7.62. The normalized spacial score (nSPS) is 10.9. The van der Waals surface area contributed by atoms with Gasteiger partial charge in [-0.15, -0.1) is 0 Å². The predicted octanol–water partition coefficient (Wildman–Crippen LogP) is 3.12. The van der Waals surface area contributed by atoms with Crippen molar-refractivity contribution in [3.63, 3.8) is 0 Å². The molecule has 0 aliphatic carbocycles. The number of nitrogens with one attached hydrogen (secondary N) is 2. The van der Waals surface area contributed by atoms with E-state index in [-0.39, 0.29) is 27.3 Å². The van der Waals surface area contributed by atoms with Gasteiger partial charge in [-0.25, -0.2) is 8.42 Å². The zero-order valence-corrected chi connectivity index (χ0v) is 15.4. The Balaban J connectivity index is 2.33. The van der Waals surface area contributed by atoms with Crippen LogP contribution in [0.25, 0.3) is 0 Å². The molecule has 0 fully saturated rings. The van der Waals surface area contributed by atoms with E-state index < -0.39 is 10.0 Å². The molecule has 0 bridgehead atoms. The van der Waals surface area contributed by atoms with Crippen molar-refractivity contribution in [3.05, 3.63) is 41.4 Å². The largest absolute Gasteiger partial charge is 0.495 e. The van der Waals surface area contributed by atoms with E-state index in [1.807, 2.05) is 0 Å². The van der Waals surface area contributed by atoms with Crippen molar-refractivity contribution >= 4 is 38.9 Å². The first-order valence-electron chi connectivity index (χ1n) is 7.09. The number of hydrogen-bond donors (Lipinski definition) is 2. The molecule has 0 saturated heterocycles. The van der Waals surface area contributed by atoms with Gasteiger partial charge >= 0.3 is 0 Å². The lowest BCUT2D eigenvalue weighted by molar-refractivity contribution is -0.114. The maximum atomic E-state index is 12.5. The van der Waals surface area contributed by atoms with Gasteiger partial charge in [-0.3, -0.25) is 9.52 Å². The fraction of sp³-hybridized carbons (Fsp3) is 0.188. The lowest BCUT2D eigenvalue weighted by atomic mass is 10.3. The van der Waals surface area contributed by atoms with Crippen molar-refractivity contribution in [1.82, 2.24) is 0 Å². The standard InChI is InChI=1S/C16H17ClN2O5S/c1-10(20)18-14-6-5-12(9-16(14)24-3)25(21,22)19-11-4-7-15(23-2)13(17)8-11/h4-9,19H,1-3H3,(H,18,20). The van der Waals surface area contributed by atoms with E-state index in [1.54, 1.807) is 6.07 Å². The quantitative estimate of drug-likeness (QED) is 0.798. The number of amides is 1. The molecule has 1 amide bonds. The van der Waals surface area contributed by atoms with Crippen LogP contribution in [-0.2, 0) is 14.8 Å². The van der Waals surface area contributed by atoms with Gasteiger partial charge < -0.3 is 14.8 Å². The van der Waals surface area contributed by atoms with E-state index in [9.17, 15) is 13.2 Å². The average Bonchev–Trinajstić information content (AvgIpc) is 2.54. The smallest absolute Gasteiger partial charge is 0.262 e. The number of benzene rings is 2. The first-order valence-corrected chi connectivity index (χ1v) is 8.95. The zero-order chi connectivity index (χ0) is 18.6. The Bertz CT molecular complexity index is 899. The molecule has 0 spiro atoms. The minimum Gasteiger partial charge on any atom is -0.495 e. The number of anilines is 2. The van der Waals surface area contributed by atoms with E-state index in [2.05, 4.69) is 10.0 Å². The molecule has 0 aliphatic heterocycles. The molecule has 7 nitrogen and oxygen atoms in total. The molecule has 2 aromatic carbocycles. The number of methoxy groups -OCH3 is 2. The summed E-state index contributed by atoms with van der Waals surface area (Å²) >= 11 is 6.00. The highest BCUT2D eigenvalue weighted by Gasteiger charge is 2.18. The Kier molecular flexibility index (Phi) is 5.76. The predicted molar refractivity (Wildman–Crippen MR) is 96.1 cm³/mol. The number of sulfonamides is 1. The zero-order valence-electron chi connectivity index (χ0n) is 13.8. The number of carbonyl (C=O) groups excluding carboxylic acids is 1. The van der Waals surface area contributed by atoms with Crippen LogP contribution in [0.5, 0.6) is 11.5 Å². The Morgan fingerprint density at radius 3 is 2.28 bits per heavy atom. The Morgan fingerprint density at radius 2 is 1.72 bits per heavy atom. The lowest BCUT2D eigenvalue weighted by Crippen LogP contribution is -2.14. The van der Waals surface area contributed by atoms with Gasteiger partial charge in [0.1, 0.15) is 11.5 Å². The van der Waals surface area contributed by atoms with Gasteiger partial charge in [-0.2, -0.15) is 0 Å². The maximum Gasteiger partial charge on any atom is 0.262 e. The topological polar surface area (TPSA) is 93.7 Å². The van der Waals surface area contributed by atoms with Crippen molar-refractivity contribution in [2.45, 2.75) is 11.8 Å². The number of ether oxygens (including phenoxy) is 2. The summed E-state index contributed by atoms with van der Waals surface area (Å²) in [6.07, 6.45) is 0. The molecule has 0 atom stereocenters. The summed E-state index contributed by atoms with van der Waals surface area (Å²) in [7, 11) is -1.02. The Morgan fingerprint density at radius 1 is 1.04 bits per heavy atom. The molecular weight excluding hydrogens is 368 g/mol. The fourth-order valence-corrected chi connectivity index (χ4v) is 3.40. The first kappa shape index (κ1) is 18.9. The van der Waals surface area contributed by atoms with Crippen molar-refractivity contribution < 1.29 is 22.7 Å². The molecule has 25 heavy (non-hydrogen) atoms. The lowest BCUT2D eigenvalue weighted by Gasteiger charge is -2.13. The van der Waals surface area contributed by atoms with Crippen LogP contribution in [-0.4, -0.2) is 28.5 Å². The van der Waals surface area contributed by atoms with Crippen molar-refractivity contribution in [3.8, 4) is 11.5 Å². The van der Waals surface area contributed by atoms with Gasteiger partial charge in [0.2, 0.25) is 5.91 Å². The van der Waals surface area contributed by atoms with Gasteiger partial charge in [0.15, 0.2) is 0 Å². The molecule has 0 heterocycles. The highest BCUT2D eigenvalue weighted by Crippen LogP contribution is 2.31. The van der Waals surface area contributed by atoms with Gasteiger partial charge in [0.05, 0.1) is 35.5 Å². The molecule has 2 N–H and O–H groups in total. The monoisotopic (exact) mass is 384 g/mol. The third-order valence-electron chi connectivity index (χ3n) is 3.20. The van der Waals surface area contributed by atoms with Crippen LogP contribution in [0.4, 0.5) is 11.4 Å². The Labute approximate surface area is 151 Å². The van der Waals surface area contributed by atoms with Gasteiger partial charge in [-0.05, 0) is 30.3 Å². The molecule has 9 heteroatoms. The van der Waals surface area contributed by atoms with Gasteiger partial charge in [0.25, 0.3) is 10.0 Å². The average molecular weight is 385 g/mol. The number of rotatable bonds is 6. The second-order valence-electron chi connectivity index (χ2n) is 5.00. The van der Waals surface area contributed by atoms with E-state index in [4.69, 9.17) is 21.1 Å². The van der Waals surface area contributed by atoms with Crippen LogP contribution in [0.3, 0.4) is 0 Å². The van der Waals surface area contributed by atoms with Crippen LogP contribution >= 0.6 is 11.6 Å². The molecule has 2 rings (SSSR count). The van der Waals surface area contributed by atoms with Crippen LogP contribution in [0, 0.1) is 0 Å². The highest BCUT2D eigenvalue weighted by atomic mass is 35.5. The van der Waals surface area contributed by atoms with E-state index in [0.717, 1.165) is 0 Å². The maximum absolute atomic E-state index is 12.5. The number of carbonyl (C=O) groups is 1. The summed E-state index contributed by atoms with van der Waals surface area (Å²) < 4.78 is 37.7. The Hall–Kier alpha value is -2.45.